The maximum atomic E-state index is 11.8. The summed E-state index contributed by atoms with van der Waals surface area (Å²) >= 11 is 0. The lowest BCUT2D eigenvalue weighted by molar-refractivity contribution is -0.140. The molecule has 0 saturated heterocycles. The molecule has 0 aliphatic rings. The third-order valence-electron chi connectivity index (χ3n) is 3.08. The highest BCUT2D eigenvalue weighted by Gasteiger charge is 2.04. The van der Waals surface area contributed by atoms with E-state index in [-0.39, 0.29) is 5.97 Å². The molecule has 0 heterocycles. The number of hydrogen-bond donors (Lipinski definition) is 1. The number of nitrogens with one attached hydrogen (secondary N) is 1. The fourth-order valence-electron chi connectivity index (χ4n) is 1.84. The molecule has 0 radical (unpaired) electrons. The van der Waals surface area contributed by atoms with Crippen molar-refractivity contribution in [1.29, 1.82) is 0 Å². The Labute approximate surface area is 132 Å². The van der Waals surface area contributed by atoms with Crippen LogP contribution < -0.4 is 4.72 Å². The summed E-state index contributed by atoms with van der Waals surface area (Å²) in [6.07, 6.45) is 5.27. The fraction of sp³-hybridized carbons (Fsp3) is 0.438. The highest BCUT2D eigenvalue weighted by Crippen LogP contribution is 2.05. The van der Waals surface area contributed by atoms with Crippen LogP contribution in [0.3, 0.4) is 0 Å². The second kappa shape index (κ2) is 10.1. The number of esters is 1. The normalized spacial score (nSPS) is 11.7. The van der Waals surface area contributed by atoms with E-state index >= 15 is 0 Å². The van der Waals surface area contributed by atoms with E-state index in [2.05, 4.69) is 9.46 Å². The average Bonchev–Trinajstić information content (AvgIpc) is 2.53. The van der Waals surface area contributed by atoms with E-state index in [1.807, 2.05) is 30.3 Å². The molecule has 0 aliphatic heterocycles. The standard InChI is InChI=1S/C16H23NO4S/c1-21-16(18)11-7-2-3-8-13-17-22(19,20)14-12-15-9-5-4-6-10-15/h4-6,9-10,12,14,17H,2-3,7-8,11,13H2,1H3/b14-12+. The van der Waals surface area contributed by atoms with Gasteiger partial charge in [0.2, 0.25) is 10.0 Å². The summed E-state index contributed by atoms with van der Waals surface area (Å²) in [5.74, 6) is -0.202. The average molecular weight is 325 g/mol. The summed E-state index contributed by atoms with van der Waals surface area (Å²) in [5.41, 5.74) is 0.843. The molecule has 122 valence electrons. The molecule has 6 heteroatoms. The number of unbranched alkanes of at least 4 members (excludes halogenated alkanes) is 3. The maximum absolute atomic E-state index is 11.8. The number of hydrogen-bond acceptors (Lipinski definition) is 4. The summed E-state index contributed by atoms with van der Waals surface area (Å²) in [5, 5.41) is 1.18. The van der Waals surface area contributed by atoms with Crippen LogP contribution in [0.5, 0.6) is 0 Å². The molecule has 0 saturated carbocycles. The number of carbonyl (C=O) groups is 1. The Morgan fingerprint density at radius 1 is 1.14 bits per heavy atom. The first-order valence-corrected chi connectivity index (χ1v) is 8.88. The number of benzene rings is 1. The summed E-state index contributed by atoms with van der Waals surface area (Å²) in [4.78, 5) is 10.9. The molecule has 1 N–H and O–H groups in total. The van der Waals surface area contributed by atoms with Gasteiger partial charge in [0.1, 0.15) is 0 Å². The van der Waals surface area contributed by atoms with Gasteiger partial charge in [0.25, 0.3) is 0 Å². The van der Waals surface area contributed by atoms with Crippen molar-refractivity contribution in [2.75, 3.05) is 13.7 Å². The first-order chi connectivity index (χ1) is 10.5. The molecule has 0 aliphatic carbocycles. The van der Waals surface area contributed by atoms with Gasteiger partial charge in [-0.3, -0.25) is 4.79 Å². The van der Waals surface area contributed by atoms with Crippen molar-refractivity contribution in [3.63, 3.8) is 0 Å². The molecular formula is C16H23NO4S. The Balaban J connectivity index is 2.18. The molecule has 5 nitrogen and oxygen atoms in total. The van der Waals surface area contributed by atoms with Gasteiger partial charge < -0.3 is 4.74 Å². The van der Waals surface area contributed by atoms with Crippen molar-refractivity contribution >= 4 is 22.1 Å². The molecule has 1 aromatic carbocycles. The van der Waals surface area contributed by atoms with E-state index in [4.69, 9.17) is 0 Å². The summed E-state index contributed by atoms with van der Waals surface area (Å²) in [6.45, 7) is 0.402. The molecule has 0 bridgehead atoms. The van der Waals surface area contributed by atoms with E-state index < -0.39 is 10.0 Å². The molecule has 22 heavy (non-hydrogen) atoms. The van der Waals surface area contributed by atoms with E-state index in [1.54, 1.807) is 6.08 Å². The maximum Gasteiger partial charge on any atom is 0.305 e. The van der Waals surface area contributed by atoms with Gasteiger partial charge in [0, 0.05) is 18.4 Å². The van der Waals surface area contributed by atoms with E-state index in [0.717, 1.165) is 31.2 Å². The van der Waals surface area contributed by atoms with Crippen LogP contribution in [0.25, 0.3) is 6.08 Å². The van der Waals surface area contributed by atoms with Gasteiger partial charge in [-0.1, -0.05) is 43.2 Å². The lowest BCUT2D eigenvalue weighted by Crippen LogP contribution is -2.22. The van der Waals surface area contributed by atoms with Crippen LogP contribution in [0, 0.1) is 0 Å². The molecule has 1 rings (SSSR count). The van der Waals surface area contributed by atoms with Crippen LogP contribution in [-0.2, 0) is 19.6 Å². The lowest BCUT2D eigenvalue weighted by atomic mass is 10.1. The Morgan fingerprint density at radius 3 is 2.50 bits per heavy atom. The topological polar surface area (TPSA) is 72.5 Å². The van der Waals surface area contributed by atoms with E-state index in [0.29, 0.717) is 13.0 Å². The zero-order valence-corrected chi connectivity index (χ0v) is 13.6. The zero-order valence-electron chi connectivity index (χ0n) is 12.8. The van der Waals surface area contributed by atoms with Gasteiger partial charge in [0.05, 0.1) is 7.11 Å². The van der Waals surface area contributed by atoms with Crippen LogP contribution in [0.1, 0.15) is 37.7 Å². The second-order valence-electron chi connectivity index (χ2n) is 4.89. The van der Waals surface area contributed by atoms with Gasteiger partial charge in [-0.05, 0) is 24.5 Å². The van der Waals surface area contributed by atoms with Crippen LogP contribution in [-0.4, -0.2) is 28.0 Å². The minimum atomic E-state index is -3.39. The van der Waals surface area contributed by atoms with Crippen molar-refractivity contribution in [2.45, 2.75) is 32.1 Å². The molecule has 0 amide bonds. The SMILES string of the molecule is COC(=O)CCCCCCNS(=O)(=O)/C=C/c1ccccc1. The third kappa shape index (κ3) is 8.59. The van der Waals surface area contributed by atoms with Crippen LogP contribution in [0.2, 0.25) is 0 Å². The number of ether oxygens (including phenoxy) is 1. The second-order valence-corrected chi connectivity index (χ2v) is 6.54. The van der Waals surface area contributed by atoms with E-state index in [1.165, 1.54) is 12.5 Å². The Hall–Kier alpha value is -1.66. The van der Waals surface area contributed by atoms with Gasteiger partial charge in [0.15, 0.2) is 0 Å². The highest BCUT2D eigenvalue weighted by molar-refractivity contribution is 7.92. The summed E-state index contributed by atoms with van der Waals surface area (Å²) < 4.78 is 30.6. The molecule has 1 aromatic rings. The highest BCUT2D eigenvalue weighted by atomic mass is 32.2. The molecule has 0 unspecified atom stereocenters. The largest absolute Gasteiger partial charge is 0.469 e. The Morgan fingerprint density at radius 2 is 1.82 bits per heavy atom. The zero-order chi connectivity index (χ0) is 16.3. The molecular weight excluding hydrogens is 302 g/mol. The van der Waals surface area contributed by atoms with Crippen molar-refractivity contribution in [1.82, 2.24) is 4.72 Å². The van der Waals surface area contributed by atoms with Crippen molar-refractivity contribution < 1.29 is 17.9 Å². The van der Waals surface area contributed by atoms with Gasteiger partial charge in [-0.2, -0.15) is 0 Å². The lowest BCUT2D eigenvalue weighted by Gasteiger charge is -2.03. The van der Waals surface area contributed by atoms with Crippen molar-refractivity contribution in [2.24, 2.45) is 0 Å². The minimum absolute atomic E-state index is 0.202. The molecule has 0 aromatic heterocycles. The number of carbonyl (C=O) groups excluding carboxylic acids is 1. The predicted octanol–water partition coefficient (Wildman–Crippen LogP) is 2.70. The quantitative estimate of drug-likeness (QED) is 0.530. The monoisotopic (exact) mass is 325 g/mol. The van der Waals surface area contributed by atoms with E-state index in [9.17, 15) is 13.2 Å². The molecule has 0 fully saturated rings. The summed E-state index contributed by atoms with van der Waals surface area (Å²) in [7, 11) is -2.02. The number of methoxy groups -OCH3 is 1. The Bertz CT molecular complexity index is 567. The van der Waals surface area contributed by atoms with Gasteiger partial charge in [-0.15, -0.1) is 0 Å². The van der Waals surface area contributed by atoms with Crippen molar-refractivity contribution in [3.05, 3.63) is 41.3 Å². The summed E-state index contributed by atoms with van der Waals surface area (Å²) in [6, 6.07) is 9.27. The predicted molar refractivity (Wildman–Crippen MR) is 87.5 cm³/mol. The Kier molecular flexibility index (Phi) is 8.47. The number of rotatable bonds is 10. The van der Waals surface area contributed by atoms with Crippen LogP contribution in [0.4, 0.5) is 0 Å². The smallest absolute Gasteiger partial charge is 0.305 e. The van der Waals surface area contributed by atoms with Crippen molar-refractivity contribution in [3.8, 4) is 0 Å². The molecule has 0 spiro atoms. The number of sulfonamides is 1. The first kappa shape index (κ1) is 18.4. The van der Waals surface area contributed by atoms with Crippen LogP contribution in [0.15, 0.2) is 35.7 Å². The van der Waals surface area contributed by atoms with Gasteiger partial charge in [-0.25, -0.2) is 13.1 Å². The minimum Gasteiger partial charge on any atom is -0.469 e. The van der Waals surface area contributed by atoms with Crippen LogP contribution >= 0.6 is 0 Å². The first-order valence-electron chi connectivity index (χ1n) is 7.33. The molecule has 0 atom stereocenters. The van der Waals surface area contributed by atoms with Gasteiger partial charge >= 0.3 is 5.97 Å². The third-order valence-corrected chi connectivity index (χ3v) is 4.18. The fourth-order valence-corrected chi connectivity index (χ4v) is 2.71.